The molecule has 2 aromatic rings. The molecule has 1 heterocycles. The first kappa shape index (κ1) is 12.5. The van der Waals surface area contributed by atoms with Gasteiger partial charge in [0.2, 0.25) is 5.28 Å². The van der Waals surface area contributed by atoms with Crippen molar-refractivity contribution in [3.05, 3.63) is 34.9 Å². The maximum atomic E-state index is 13.3. The number of nitrogens with zero attached hydrogens (tertiary/aromatic N) is 3. The minimum atomic E-state index is -0.375. The van der Waals surface area contributed by atoms with Crippen LogP contribution in [0.5, 0.6) is 17.8 Å². The number of halogens is 2. The molecule has 0 saturated carbocycles. The Morgan fingerprint density at radius 1 is 1.17 bits per heavy atom. The normalized spacial score (nSPS) is 10.2. The molecule has 1 aromatic heterocycles. The molecular formula is C11H9ClFN3O2. The smallest absolute Gasteiger partial charge is 0.329 e. The maximum absolute atomic E-state index is 13.3. The molecule has 0 aliphatic carbocycles. The summed E-state index contributed by atoms with van der Waals surface area (Å²) in [6.07, 6.45) is 0. The van der Waals surface area contributed by atoms with Gasteiger partial charge in [-0.25, -0.2) is 4.39 Å². The third-order valence-electron chi connectivity index (χ3n) is 2.10. The monoisotopic (exact) mass is 269 g/mol. The zero-order valence-electron chi connectivity index (χ0n) is 9.65. The second-order valence-electron chi connectivity index (χ2n) is 3.39. The van der Waals surface area contributed by atoms with Crippen LogP contribution in [0.1, 0.15) is 5.56 Å². The first-order valence-electron chi connectivity index (χ1n) is 4.98. The first-order chi connectivity index (χ1) is 8.58. The lowest BCUT2D eigenvalue weighted by Gasteiger charge is -2.05. The van der Waals surface area contributed by atoms with E-state index in [0.717, 1.165) is 0 Å². The summed E-state index contributed by atoms with van der Waals surface area (Å²) in [5.41, 5.74) is 0.522. The molecule has 0 fully saturated rings. The van der Waals surface area contributed by atoms with E-state index in [1.54, 1.807) is 19.1 Å². The topological polar surface area (TPSA) is 57.1 Å². The van der Waals surface area contributed by atoms with Crippen molar-refractivity contribution in [3.8, 4) is 17.8 Å². The van der Waals surface area contributed by atoms with Gasteiger partial charge in [-0.3, -0.25) is 0 Å². The molecule has 0 unspecified atom stereocenters. The Morgan fingerprint density at radius 3 is 2.56 bits per heavy atom. The van der Waals surface area contributed by atoms with Crippen LogP contribution in [0.4, 0.5) is 4.39 Å². The fourth-order valence-corrected chi connectivity index (χ4v) is 1.34. The number of methoxy groups -OCH3 is 1. The van der Waals surface area contributed by atoms with Gasteiger partial charge in [0.1, 0.15) is 11.6 Å². The minimum absolute atomic E-state index is 0.0255. The second-order valence-corrected chi connectivity index (χ2v) is 3.72. The Labute approximate surface area is 108 Å². The van der Waals surface area contributed by atoms with Gasteiger partial charge in [0.05, 0.1) is 7.11 Å². The van der Waals surface area contributed by atoms with Gasteiger partial charge >= 0.3 is 12.0 Å². The van der Waals surface area contributed by atoms with Crippen LogP contribution < -0.4 is 9.47 Å². The summed E-state index contributed by atoms with van der Waals surface area (Å²) in [6.45, 7) is 1.65. The van der Waals surface area contributed by atoms with Crippen LogP contribution in [0.3, 0.4) is 0 Å². The number of aromatic nitrogens is 3. The number of hydrogen-bond donors (Lipinski definition) is 0. The van der Waals surface area contributed by atoms with E-state index in [0.29, 0.717) is 5.56 Å². The van der Waals surface area contributed by atoms with Crippen molar-refractivity contribution in [3.63, 3.8) is 0 Å². The average molecular weight is 270 g/mol. The molecule has 0 aliphatic heterocycles. The number of ether oxygens (including phenoxy) is 2. The Balaban J connectivity index is 2.27. The zero-order valence-corrected chi connectivity index (χ0v) is 10.4. The van der Waals surface area contributed by atoms with E-state index in [2.05, 4.69) is 15.0 Å². The van der Waals surface area contributed by atoms with Gasteiger partial charge in [-0.05, 0) is 30.2 Å². The molecule has 18 heavy (non-hydrogen) atoms. The van der Waals surface area contributed by atoms with E-state index in [1.807, 2.05) is 0 Å². The first-order valence-corrected chi connectivity index (χ1v) is 5.36. The van der Waals surface area contributed by atoms with Crippen LogP contribution in [-0.4, -0.2) is 22.1 Å². The summed E-state index contributed by atoms with van der Waals surface area (Å²) in [6, 6.07) is 4.39. The van der Waals surface area contributed by atoms with E-state index in [-0.39, 0.29) is 28.9 Å². The summed E-state index contributed by atoms with van der Waals surface area (Å²) < 4.78 is 23.4. The van der Waals surface area contributed by atoms with Crippen molar-refractivity contribution in [2.45, 2.75) is 6.92 Å². The standard InChI is InChI=1S/C11H9ClFN3O2/c1-6-3-4-7(5-8(6)13)18-11-15-9(12)14-10(16-11)17-2/h3-5H,1-2H3. The van der Waals surface area contributed by atoms with E-state index in [4.69, 9.17) is 21.1 Å². The molecule has 0 bridgehead atoms. The SMILES string of the molecule is COc1nc(Cl)nc(Oc2ccc(C)c(F)c2)n1. The summed E-state index contributed by atoms with van der Waals surface area (Å²) in [5, 5.41) is -0.0653. The number of benzene rings is 1. The Bertz CT molecular complexity index is 580. The highest BCUT2D eigenvalue weighted by atomic mass is 35.5. The van der Waals surface area contributed by atoms with E-state index < -0.39 is 0 Å². The summed E-state index contributed by atoms with van der Waals surface area (Å²) >= 11 is 5.66. The van der Waals surface area contributed by atoms with Gasteiger partial charge in [0, 0.05) is 6.07 Å². The number of hydrogen-bond acceptors (Lipinski definition) is 5. The summed E-state index contributed by atoms with van der Waals surface area (Å²) in [4.78, 5) is 11.3. The third-order valence-corrected chi connectivity index (χ3v) is 2.27. The number of aryl methyl sites for hydroxylation is 1. The molecule has 0 atom stereocenters. The molecular weight excluding hydrogens is 261 g/mol. The summed E-state index contributed by atoms with van der Waals surface area (Å²) in [7, 11) is 1.39. The van der Waals surface area contributed by atoms with Crippen molar-refractivity contribution in [1.82, 2.24) is 15.0 Å². The highest BCUT2D eigenvalue weighted by molar-refractivity contribution is 6.28. The van der Waals surface area contributed by atoms with Crippen LogP contribution in [0.15, 0.2) is 18.2 Å². The molecule has 0 N–H and O–H groups in total. The average Bonchev–Trinajstić information content (AvgIpc) is 2.33. The van der Waals surface area contributed by atoms with Gasteiger partial charge in [0.25, 0.3) is 0 Å². The second kappa shape index (κ2) is 5.14. The molecule has 7 heteroatoms. The van der Waals surface area contributed by atoms with Crippen molar-refractivity contribution in [1.29, 1.82) is 0 Å². The quantitative estimate of drug-likeness (QED) is 0.857. The van der Waals surface area contributed by atoms with Crippen LogP contribution in [-0.2, 0) is 0 Å². The lowest BCUT2D eigenvalue weighted by molar-refractivity contribution is 0.358. The van der Waals surface area contributed by atoms with Crippen LogP contribution in [0, 0.1) is 12.7 Å². The molecule has 0 aliphatic rings. The van der Waals surface area contributed by atoms with Crippen LogP contribution in [0.2, 0.25) is 5.28 Å². The van der Waals surface area contributed by atoms with E-state index in [9.17, 15) is 4.39 Å². The summed E-state index contributed by atoms with van der Waals surface area (Å²) in [5.74, 6) is -0.109. The third kappa shape index (κ3) is 2.84. The molecule has 5 nitrogen and oxygen atoms in total. The molecule has 2 rings (SSSR count). The predicted octanol–water partition coefficient (Wildman–Crippen LogP) is 2.77. The highest BCUT2D eigenvalue weighted by Gasteiger charge is 2.08. The van der Waals surface area contributed by atoms with E-state index >= 15 is 0 Å². The van der Waals surface area contributed by atoms with Crippen molar-refractivity contribution in [2.75, 3.05) is 7.11 Å². The van der Waals surface area contributed by atoms with Gasteiger partial charge in [-0.15, -0.1) is 4.98 Å². The number of rotatable bonds is 3. The minimum Gasteiger partial charge on any atom is -0.467 e. The van der Waals surface area contributed by atoms with Gasteiger partial charge < -0.3 is 9.47 Å². The maximum Gasteiger partial charge on any atom is 0.329 e. The molecule has 0 amide bonds. The molecule has 94 valence electrons. The fourth-order valence-electron chi connectivity index (χ4n) is 1.19. The lowest BCUT2D eigenvalue weighted by atomic mass is 10.2. The van der Waals surface area contributed by atoms with Gasteiger partial charge in [-0.2, -0.15) is 9.97 Å². The Kier molecular flexibility index (Phi) is 3.57. The van der Waals surface area contributed by atoms with Gasteiger partial charge in [0.15, 0.2) is 0 Å². The largest absolute Gasteiger partial charge is 0.467 e. The van der Waals surface area contributed by atoms with Crippen LogP contribution in [0.25, 0.3) is 0 Å². The van der Waals surface area contributed by atoms with Gasteiger partial charge in [-0.1, -0.05) is 6.07 Å². The van der Waals surface area contributed by atoms with E-state index in [1.165, 1.54) is 13.2 Å². The fraction of sp³-hybridized carbons (Fsp3) is 0.182. The van der Waals surface area contributed by atoms with Crippen molar-refractivity contribution in [2.24, 2.45) is 0 Å². The Morgan fingerprint density at radius 2 is 1.89 bits per heavy atom. The molecule has 0 radical (unpaired) electrons. The zero-order chi connectivity index (χ0) is 13.1. The van der Waals surface area contributed by atoms with Crippen molar-refractivity contribution >= 4 is 11.6 Å². The lowest BCUT2D eigenvalue weighted by Crippen LogP contribution is -1.99. The van der Waals surface area contributed by atoms with Crippen molar-refractivity contribution < 1.29 is 13.9 Å². The molecule has 1 aromatic carbocycles. The highest BCUT2D eigenvalue weighted by Crippen LogP contribution is 2.22. The molecule has 0 saturated heterocycles. The van der Waals surface area contributed by atoms with Crippen LogP contribution >= 0.6 is 11.6 Å². The predicted molar refractivity (Wildman–Crippen MR) is 62.6 cm³/mol. The molecule has 0 spiro atoms. The Hall–Kier alpha value is -1.95.